The molecule has 0 aliphatic carbocycles. The quantitative estimate of drug-likeness (QED) is 0.656. The van der Waals surface area contributed by atoms with Crippen molar-refractivity contribution in [3.8, 4) is 0 Å². The lowest BCUT2D eigenvalue weighted by molar-refractivity contribution is 0.0266. The molecule has 3 rings (SSSR count). The Kier molecular flexibility index (Phi) is 5.06. The Morgan fingerprint density at radius 3 is 2.40 bits per heavy atom. The van der Waals surface area contributed by atoms with Crippen LogP contribution in [0.2, 0.25) is 0 Å². The molecule has 1 aromatic carbocycles. The minimum absolute atomic E-state index is 0.157. The van der Waals surface area contributed by atoms with Gasteiger partial charge < -0.3 is 14.5 Å². The number of carbonyl (C=O) groups excluding carboxylic acids is 1. The normalized spacial score (nSPS) is 20.2. The Balaban J connectivity index is 1.60. The van der Waals surface area contributed by atoms with Crippen LogP contribution in [0.4, 0.5) is 10.5 Å². The number of halogens is 1. The van der Waals surface area contributed by atoms with Gasteiger partial charge in [0, 0.05) is 36.3 Å². The van der Waals surface area contributed by atoms with E-state index in [0.29, 0.717) is 0 Å². The van der Waals surface area contributed by atoms with Crippen LogP contribution in [0.15, 0.2) is 22.7 Å². The van der Waals surface area contributed by atoms with Gasteiger partial charge >= 0.3 is 6.09 Å². The van der Waals surface area contributed by atoms with E-state index in [1.54, 1.807) is 0 Å². The van der Waals surface area contributed by atoms with Crippen LogP contribution >= 0.6 is 15.9 Å². The number of hydrogen-bond acceptors (Lipinski definition) is 3. The topological polar surface area (TPSA) is 32.8 Å². The molecule has 1 aromatic rings. The van der Waals surface area contributed by atoms with Crippen LogP contribution in [0.5, 0.6) is 0 Å². The minimum Gasteiger partial charge on any atom is -0.444 e. The third-order valence-electron chi connectivity index (χ3n) is 5.41. The molecule has 1 spiro atoms. The molecule has 0 unspecified atom stereocenters. The third-order valence-corrected chi connectivity index (χ3v) is 5.91. The van der Waals surface area contributed by atoms with E-state index in [2.05, 4.69) is 46.0 Å². The molecule has 0 saturated carbocycles. The number of nitrogens with zero attached hydrogens (tertiary/aromatic N) is 2. The molecule has 138 valence electrons. The number of amides is 1. The molecule has 0 N–H and O–H groups in total. The lowest BCUT2D eigenvalue weighted by atomic mass is 9.77. The largest absolute Gasteiger partial charge is 0.444 e. The number of likely N-dealkylation sites (tertiary alicyclic amines) is 1. The summed E-state index contributed by atoms with van der Waals surface area (Å²) in [5, 5.41) is 0. The van der Waals surface area contributed by atoms with E-state index >= 15 is 0 Å². The zero-order valence-electron chi connectivity index (χ0n) is 15.8. The summed E-state index contributed by atoms with van der Waals surface area (Å²) in [4.78, 5) is 16.7. The summed E-state index contributed by atoms with van der Waals surface area (Å²) in [6.07, 6.45) is 3.22. The summed E-state index contributed by atoms with van der Waals surface area (Å²) in [7, 11) is 0. The minimum atomic E-state index is -0.421. The van der Waals surface area contributed by atoms with Crippen molar-refractivity contribution in [1.82, 2.24) is 4.90 Å². The molecule has 25 heavy (non-hydrogen) atoms. The van der Waals surface area contributed by atoms with Crippen molar-refractivity contribution in [3.63, 3.8) is 0 Å². The van der Waals surface area contributed by atoms with Gasteiger partial charge in [-0.3, -0.25) is 0 Å². The lowest BCUT2D eigenvalue weighted by Gasteiger charge is -2.41. The van der Waals surface area contributed by atoms with Gasteiger partial charge in [-0.2, -0.15) is 0 Å². The van der Waals surface area contributed by atoms with E-state index in [9.17, 15) is 4.79 Å². The molecular weight excluding hydrogens is 380 g/mol. The van der Waals surface area contributed by atoms with Crippen molar-refractivity contribution >= 4 is 27.7 Å². The van der Waals surface area contributed by atoms with Crippen molar-refractivity contribution in [2.24, 2.45) is 5.41 Å². The van der Waals surface area contributed by atoms with Gasteiger partial charge in [0.05, 0.1) is 0 Å². The fourth-order valence-electron chi connectivity index (χ4n) is 4.02. The number of rotatable bonds is 1. The first-order chi connectivity index (χ1) is 11.7. The monoisotopic (exact) mass is 408 g/mol. The zero-order valence-corrected chi connectivity index (χ0v) is 17.4. The highest BCUT2D eigenvalue weighted by molar-refractivity contribution is 9.10. The van der Waals surface area contributed by atoms with Crippen LogP contribution in [0.1, 0.15) is 45.6 Å². The van der Waals surface area contributed by atoms with Crippen molar-refractivity contribution < 1.29 is 9.53 Å². The summed E-state index contributed by atoms with van der Waals surface area (Å²) in [5.74, 6) is 0. The van der Waals surface area contributed by atoms with Crippen LogP contribution in [0.3, 0.4) is 0 Å². The average molecular weight is 409 g/mol. The molecule has 2 heterocycles. The third kappa shape index (κ3) is 4.30. The Morgan fingerprint density at radius 1 is 1.16 bits per heavy atom. The van der Waals surface area contributed by atoms with Crippen LogP contribution < -0.4 is 4.90 Å². The summed E-state index contributed by atoms with van der Waals surface area (Å²) in [5.41, 5.74) is 2.50. The van der Waals surface area contributed by atoms with Gasteiger partial charge in [0.2, 0.25) is 0 Å². The number of anilines is 1. The smallest absolute Gasteiger partial charge is 0.410 e. The summed E-state index contributed by atoms with van der Waals surface area (Å²) < 4.78 is 6.68. The van der Waals surface area contributed by atoms with Gasteiger partial charge in [-0.1, -0.05) is 15.9 Å². The van der Waals surface area contributed by atoms with Crippen LogP contribution in [0, 0.1) is 12.3 Å². The highest BCUT2D eigenvalue weighted by Crippen LogP contribution is 2.42. The molecule has 0 radical (unpaired) electrons. The SMILES string of the molecule is Cc1cc(Br)ccc1N1CCC2(CCN(C(=O)OC(C)(C)C)C2)CC1. The zero-order chi connectivity index (χ0) is 18.2. The van der Waals surface area contributed by atoms with Gasteiger partial charge in [0.1, 0.15) is 5.60 Å². The maximum Gasteiger partial charge on any atom is 0.410 e. The fraction of sp³-hybridized carbons (Fsp3) is 0.650. The fourth-order valence-corrected chi connectivity index (χ4v) is 4.50. The van der Waals surface area contributed by atoms with Gasteiger partial charge in [0.15, 0.2) is 0 Å². The van der Waals surface area contributed by atoms with E-state index in [1.165, 1.54) is 11.3 Å². The number of benzene rings is 1. The first-order valence-corrected chi connectivity index (χ1v) is 9.96. The van der Waals surface area contributed by atoms with Gasteiger partial charge in [0.25, 0.3) is 0 Å². The molecule has 0 bridgehead atoms. The van der Waals surface area contributed by atoms with Crippen molar-refractivity contribution in [1.29, 1.82) is 0 Å². The number of hydrogen-bond donors (Lipinski definition) is 0. The van der Waals surface area contributed by atoms with Crippen molar-refractivity contribution in [3.05, 3.63) is 28.2 Å². The van der Waals surface area contributed by atoms with Crippen LogP contribution in [-0.2, 0) is 4.74 Å². The molecule has 1 amide bonds. The molecule has 2 saturated heterocycles. The second-order valence-electron chi connectivity index (χ2n) is 8.57. The molecule has 0 aromatic heterocycles. The number of ether oxygens (including phenoxy) is 1. The van der Waals surface area contributed by atoms with E-state index in [0.717, 1.165) is 49.9 Å². The van der Waals surface area contributed by atoms with Crippen LogP contribution in [-0.4, -0.2) is 42.8 Å². The Labute approximate surface area is 159 Å². The molecule has 0 atom stereocenters. The van der Waals surface area contributed by atoms with E-state index in [4.69, 9.17) is 4.74 Å². The summed E-state index contributed by atoms with van der Waals surface area (Å²) in [6.45, 7) is 11.7. The van der Waals surface area contributed by atoms with Gasteiger partial charge in [-0.25, -0.2) is 4.79 Å². The lowest BCUT2D eigenvalue weighted by Crippen LogP contribution is -2.43. The first kappa shape index (κ1) is 18.6. The van der Waals surface area contributed by atoms with Gasteiger partial charge in [-0.05, 0) is 76.1 Å². The van der Waals surface area contributed by atoms with E-state index in [1.807, 2.05) is 25.7 Å². The molecule has 5 heteroatoms. The van der Waals surface area contributed by atoms with Gasteiger partial charge in [-0.15, -0.1) is 0 Å². The predicted octanol–water partition coefficient (Wildman–Crippen LogP) is 4.98. The summed E-state index contributed by atoms with van der Waals surface area (Å²) >= 11 is 3.54. The molecule has 4 nitrogen and oxygen atoms in total. The second kappa shape index (κ2) is 6.82. The molecule has 2 aliphatic heterocycles. The molecular formula is C20H29BrN2O2. The predicted molar refractivity (Wildman–Crippen MR) is 105 cm³/mol. The summed E-state index contributed by atoms with van der Waals surface area (Å²) in [6, 6.07) is 6.51. The molecule has 2 fully saturated rings. The number of carbonyl (C=O) groups is 1. The maximum absolute atomic E-state index is 12.3. The average Bonchev–Trinajstić information content (AvgIpc) is 2.91. The number of aryl methyl sites for hydroxylation is 1. The first-order valence-electron chi connectivity index (χ1n) is 9.17. The van der Waals surface area contributed by atoms with E-state index in [-0.39, 0.29) is 11.5 Å². The number of piperidine rings is 1. The van der Waals surface area contributed by atoms with Crippen molar-refractivity contribution in [2.45, 2.75) is 52.6 Å². The van der Waals surface area contributed by atoms with Crippen molar-refractivity contribution in [2.75, 3.05) is 31.1 Å². The Hall–Kier alpha value is -1.23. The molecule has 2 aliphatic rings. The Bertz CT molecular complexity index is 646. The maximum atomic E-state index is 12.3. The van der Waals surface area contributed by atoms with Crippen LogP contribution in [0.25, 0.3) is 0 Å². The standard InChI is InChI=1S/C20H29BrN2O2/c1-15-13-16(21)5-6-17(15)22-10-7-20(8-11-22)9-12-23(14-20)18(24)25-19(2,3)4/h5-6,13H,7-12,14H2,1-4H3. The highest BCUT2D eigenvalue weighted by Gasteiger charge is 2.43. The second-order valence-corrected chi connectivity index (χ2v) is 9.49. The van der Waals surface area contributed by atoms with E-state index < -0.39 is 5.60 Å². The highest BCUT2D eigenvalue weighted by atomic mass is 79.9. The Morgan fingerprint density at radius 2 is 1.80 bits per heavy atom.